The fraction of sp³-hybridized carbons (Fsp3) is 0.357. The maximum Gasteiger partial charge on any atom is 0.346 e. The van der Waals surface area contributed by atoms with Gasteiger partial charge in [-0.1, -0.05) is 31.2 Å². The van der Waals surface area contributed by atoms with Gasteiger partial charge in [-0.25, -0.2) is 4.79 Å². The Bertz CT molecular complexity index is 553. The number of rotatable bonds is 3. The Labute approximate surface area is 112 Å². The summed E-state index contributed by atoms with van der Waals surface area (Å²) < 4.78 is 0. The van der Waals surface area contributed by atoms with Crippen LogP contribution in [0.1, 0.15) is 31.4 Å². The fourth-order valence-electron chi connectivity index (χ4n) is 1.86. The van der Waals surface area contributed by atoms with Crippen LogP contribution in [0, 0.1) is 6.92 Å². The third-order valence-electron chi connectivity index (χ3n) is 3.45. The molecule has 3 amide bonds. The van der Waals surface area contributed by atoms with Crippen LogP contribution < -0.4 is 5.32 Å². The van der Waals surface area contributed by atoms with Crippen molar-refractivity contribution in [2.75, 3.05) is 0 Å². The van der Waals surface area contributed by atoms with Gasteiger partial charge in [-0.15, -0.1) is 5.01 Å². The molecule has 1 aromatic carbocycles. The van der Waals surface area contributed by atoms with Gasteiger partial charge >= 0.3 is 6.03 Å². The molecule has 2 rings (SSSR count). The van der Waals surface area contributed by atoms with E-state index in [1.54, 1.807) is 6.92 Å². The Balaban J connectivity index is 2.23. The zero-order chi connectivity index (χ0) is 14.0. The molecule has 1 saturated heterocycles. The average Bonchev–Trinajstić information content (AvgIpc) is 2.61. The third-order valence-corrected chi connectivity index (χ3v) is 3.45. The van der Waals surface area contributed by atoms with Gasteiger partial charge in [0.05, 0.1) is 6.21 Å². The van der Waals surface area contributed by atoms with E-state index in [0.29, 0.717) is 6.42 Å². The quantitative estimate of drug-likeness (QED) is 0.667. The molecule has 0 bridgehead atoms. The van der Waals surface area contributed by atoms with Crippen LogP contribution >= 0.6 is 0 Å². The second-order valence-electron chi connectivity index (χ2n) is 4.83. The predicted molar refractivity (Wildman–Crippen MR) is 72.8 cm³/mol. The van der Waals surface area contributed by atoms with E-state index in [9.17, 15) is 9.59 Å². The number of hydrogen-bond acceptors (Lipinski definition) is 3. The first-order chi connectivity index (χ1) is 8.98. The monoisotopic (exact) mass is 259 g/mol. The van der Waals surface area contributed by atoms with Crippen molar-refractivity contribution < 1.29 is 9.59 Å². The summed E-state index contributed by atoms with van der Waals surface area (Å²) in [6.07, 6.45) is 2.07. The molecule has 19 heavy (non-hydrogen) atoms. The normalized spacial score (nSPS) is 23.2. The van der Waals surface area contributed by atoms with Crippen LogP contribution in [-0.2, 0) is 4.79 Å². The van der Waals surface area contributed by atoms with Gasteiger partial charge in [-0.3, -0.25) is 4.79 Å². The molecule has 0 spiro atoms. The smallest absolute Gasteiger partial charge is 0.322 e. The number of nitrogens with one attached hydrogen (secondary N) is 1. The van der Waals surface area contributed by atoms with Crippen molar-refractivity contribution >= 4 is 18.2 Å². The summed E-state index contributed by atoms with van der Waals surface area (Å²) in [5, 5.41) is 7.56. The Morgan fingerprint density at radius 2 is 2.05 bits per heavy atom. The molecule has 5 nitrogen and oxygen atoms in total. The lowest BCUT2D eigenvalue weighted by atomic mass is 10.00. The molecule has 0 aromatic heterocycles. The molecule has 1 N–H and O–H groups in total. The summed E-state index contributed by atoms with van der Waals surface area (Å²) in [7, 11) is 0. The molecule has 1 fully saturated rings. The zero-order valence-corrected chi connectivity index (χ0v) is 11.3. The predicted octanol–water partition coefficient (Wildman–Crippen LogP) is 2.05. The number of carbonyl (C=O) groups is 2. The van der Waals surface area contributed by atoms with E-state index in [0.717, 1.165) is 16.1 Å². The van der Waals surface area contributed by atoms with Gasteiger partial charge in [0.25, 0.3) is 5.91 Å². The molecule has 0 radical (unpaired) electrons. The van der Waals surface area contributed by atoms with Gasteiger partial charge in [0.15, 0.2) is 0 Å². The van der Waals surface area contributed by atoms with E-state index in [1.807, 2.05) is 38.1 Å². The van der Waals surface area contributed by atoms with Gasteiger partial charge in [0, 0.05) is 0 Å². The molecular formula is C14H17N3O2. The molecule has 5 heteroatoms. The van der Waals surface area contributed by atoms with Crippen LogP contribution in [0.15, 0.2) is 29.4 Å². The number of imide groups is 1. The minimum Gasteiger partial charge on any atom is -0.322 e. The standard InChI is InChI=1S/C14H17N3O2/c1-4-14(3)12(18)17(13(19)16-14)15-9-11-8-6-5-7-10(11)2/h5-9H,4H2,1-3H3,(H,16,19)/b15-9+. The van der Waals surface area contributed by atoms with Crippen molar-refractivity contribution in [3.63, 3.8) is 0 Å². The molecule has 0 saturated carbocycles. The van der Waals surface area contributed by atoms with Crippen LogP contribution in [0.3, 0.4) is 0 Å². The second kappa shape index (κ2) is 4.84. The van der Waals surface area contributed by atoms with Crippen LogP contribution in [0.4, 0.5) is 4.79 Å². The van der Waals surface area contributed by atoms with E-state index in [2.05, 4.69) is 10.4 Å². The van der Waals surface area contributed by atoms with Gasteiger partial charge in [-0.2, -0.15) is 5.10 Å². The Hall–Kier alpha value is -2.17. The molecule has 100 valence electrons. The lowest BCUT2D eigenvalue weighted by Crippen LogP contribution is -2.42. The van der Waals surface area contributed by atoms with Crippen LogP contribution in [0.25, 0.3) is 0 Å². The number of nitrogens with zero attached hydrogens (tertiary/aromatic N) is 2. The number of benzene rings is 1. The number of aryl methyl sites for hydroxylation is 1. The number of hydrogen-bond donors (Lipinski definition) is 1. The summed E-state index contributed by atoms with van der Waals surface area (Å²) in [6.45, 7) is 5.51. The highest BCUT2D eigenvalue weighted by Crippen LogP contribution is 2.20. The van der Waals surface area contributed by atoms with Crippen molar-refractivity contribution in [1.29, 1.82) is 0 Å². The first-order valence-corrected chi connectivity index (χ1v) is 6.24. The summed E-state index contributed by atoms with van der Waals surface area (Å²) in [5.74, 6) is -0.315. The third kappa shape index (κ3) is 2.36. The van der Waals surface area contributed by atoms with Crippen molar-refractivity contribution in [2.45, 2.75) is 32.7 Å². The van der Waals surface area contributed by atoms with Gasteiger partial charge < -0.3 is 5.32 Å². The van der Waals surface area contributed by atoms with Crippen LogP contribution in [-0.4, -0.2) is 28.7 Å². The lowest BCUT2D eigenvalue weighted by molar-refractivity contribution is -0.130. The highest BCUT2D eigenvalue weighted by molar-refractivity contribution is 6.07. The molecular weight excluding hydrogens is 242 g/mol. The summed E-state index contributed by atoms with van der Waals surface area (Å²) in [5.41, 5.74) is 1.07. The maximum absolute atomic E-state index is 12.1. The summed E-state index contributed by atoms with van der Waals surface area (Å²) >= 11 is 0. The molecule has 1 aliphatic heterocycles. The second-order valence-corrected chi connectivity index (χ2v) is 4.83. The first kappa shape index (κ1) is 13.3. The molecule has 1 aromatic rings. The minimum absolute atomic E-state index is 0.315. The average molecular weight is 259 g/mol. The highest BCUT2D eigenvalue weighted by atomic mass is 16.2. The Kier molecular flexibility index (Phi) is 3.38. The Morgan fingerprint density at radius 1 is 1.37 bits per heavy atom. The van der Waals surface area contributed by atoms with Gasteiger partial charge in [0.2, 0.25) is 0 Å². The van der Waals surface area contributed by atoms with Crippen molar-refractivity contribution in [2.24, 2.45) is 5.10 Å². The molecule has 1 unspecified atom stereocenters. The highest BCUT2D eigenvalue weighted by Gasteiger charge is 2.46. The number of amides is 3. The Morgan fingerprint density at radius 3 is 2.63 bits per heavy atom. The topological polar surface area (TPSA) is 61.8 Å². The number of carbonyl (C=O) groups excluding carboxylic acids is 2. The first-order valence-electron chi connectivity index (χ1n) is 6.24. The van der Waals surface area contributed by atoms with E-state index < -0.39 is 11.6 Å². The van der Waals surface area contributed by atoms with E-state index in [4.69, 9.17) is 0 Å². The molecule has 1 heterocycles. The van der Waals surface area contributed by atoms with Gasteiger partial charge in [-0.05, 0) is 31.4 Å². The molecule has 1 aliphatic rings. The maximum atomic E-state index is 12.1. The largest absolute Gasteiger partial charge is 0.346 e. The van der Waals surface area contributed by atoms with Crippen LogP contribution in [0.5, 0.6) is 0 Å². The molecule has 1 atom stereocenters. The van der Waals surface area contributed by atoms with Crippen molar-refractivity contribution in [1.82, 2.24) is 10.3 Å². The number of urea groups is 1. The SMILES string of the molecule is CCC1(C)NC(=O)N(/N=C/c2ccccc2C)C1=O. The van der Waals surface area contributed by atoms with Crippen molar-refractivity contribution in [3.8, 4) is 0 Å². The minimum atomic E-state index is -0.847. The van der Waals surface area contributed by atoms with Crippen molar-refractivity contribution in [3.05, 3.63) is 35.4 Å². The van der Waals surface area contributed by atoms with E-state index >= 15 is 0 Å². The fourth-order valence-corrected chi connectivity index (χ4v) is 1.86. The summed E-state index contributed by atoms with van der Waals surface area (Å²) in [4.78, 5) is 23.8. The van der Waals surface area contributed by atoms with E-state index in [1.165, 1.54) is 6.21 Å². The number of hydrazone groups is 1. The van der Waals surface area contributed by atoms with Gasteiger partial charge in [0.1, 0.15) is 5.54 Å². The van der Waals surface area contributed by atoms with E-state index in [-0.39, 0.29) is 5.91 Å². The summed E-state index contributed by atoms with van der Waals surface area (Å²) in [6, 6.07) is 7.17. The van der Waals surface area contributed by atoms with Crippen LogP contribution in [0.2, 0.25) is 0 Å². The zero-order valence-electron chi connectivity index (χ0n) is 11.3. The molecule has 0 aliphatic carbocycles. The lowest BCUT2D eigenvalue weighted by Gasteiger charge is -2.17.